The first-order valence-electron chi connectivity index (χ1n) is 7.70. The monoisotopic (exact) mass is 382 g/mol. The summed E-state index contributed by atoms with van der Waals surface area (Å²) in [7, 11) is 0. The van der Waals surface area contributed by atoms with Gasteiger partial charge in [0.25, 0.3) is 11.6 Å². The van der Waals surface area contributed by atoms with E-state index in [0.717, 1.165) is 21.2 Å². The highest BCUT2D eigenvalue weighted by molar-refractivity contribution is 7.99. The van der Waals surface area contributed by atoms with Gasteiger partial charge in [-0.3, -0.25) is 19.8 Å². The number of carbonyl (C=O) groups is 1. The molecule has 5 nitrogen and oxygen atoms in total. The van der Waals surface area contributed by atoms with Crippen molar-refractivity contribution in [3.05, 3.63) is 87.4 Å². The molecule has 1 aliphatic rings. The largest absolute Gasteiger partial charge is 0.275 e. The lowest BCUT2D eigenvalue weighted by Crippen LogP contribution is -2.28. The van der Waals surface area contributed by atoms with E-state index in [1.54, 1.807) is 16.7 Å². The number of halogens is 1. The number of rotatable bonds is 2. The molecule has 0 atom stereocenters. The van der Waals surface area contributed by atoms with Crippen LogP contribution in [0.4, 0.5) is 17.1 Å². The zero-order valence-corrected chi connectivity index (χ0v) is 14.8. The van der Waals surface area contributed by atoms with Gasteiger partial charge in [-0.15, -0.1) is 0 Å². The number of hydrogen-bond donors (Lipinski definition) is 0. The molecule has 0 N–H and O–H groups in total. The fraction of sp³-hybridized carbons (Fsp3) is 0. The lowest BCUT2D eigenvalue weighted by atomic mass is 10.1. The van der Waals surface area contributed by atoms with Gasteiger partial charge < -0.3 is 0 Å². The van der Waals surface area contributed by atoms with Gasteiger partial charge in [0.05, 0.1) is 26.9 Å². The van der Waals surface area contributed by atoms with E-state index in [4.69, 9.17) is 11.6 Å². The van der Waals surface area contributed by atoms with Crippen molar-refractivity contribution >= 4 is 46.3 Å². The second-order valence-electron chi connectivity index (χ2n) is 5.60. The third-order valence-corrected chi connectivity index (χ3v) is 5.47. The average Bonchev–Trinajstić information content (AvgIpc) is 2.65. The van der Waals surface area contributed by atoms with Gasteiger partial charge in [-0.2, -0.15) is 0 Å². The third-order valence-electron chi connectivity index (χ3n) is 4.03. The molecule has 0 fully saturated rings. The van der Waals surface area contributed by atoms with Crippen molar-refractivity contribution < 1.29 is 9.72 Å². The van der Waals surface area contributed by atoms with Crippen molar-refractivity contribution in [2.24, 2.45) is 0 Å². The number of para-hydroxylation sites is 2. The Kier molecular flexibility index (Phi) is 4.14. The van der Waals surface area contributed by atoms with Gasteiger partial charge in [-0.1, -0.05) is 47.6 Å². The zero-order chi connectivity index (χ0) is 18.3. The Balaban J connectivity index is 1.85. The molecule has 26 heavy (non-hydrogen) atoms. The number of nitro benzene ring substituents is 1. The van der Waals surface area contributed by atoms with Gasteiger partial charge in [0.2, 0.25) is 0 Å². The van der Waals surface area contributed by atoms with Gasteiger partial charge in [0, 0.05) is 21.9 Å². The van der Waals surface area contributed by atoms with Gasteiger partial charge >= 0.3 is 0 Å². The molecule has 0 aliphatic carbocycles. The van der Waals surface area contributed by atoms with E-state index >= 15 is 0 Å². The Labute approximate surface area is 158 Å². The van der Waals surface area contributed by atoms with E-state index in [1.165, 1.54) is 18.2 Å². The first-order valence-corrected chi connectivity index (χ1v) is 8.90. The molecule has 1 heterocycles. The van der Waals surface area contributed by atoms with Crippen molar-refractivity contribution in [1.29, 1.82) is 0 Å². The molecule has 0 radical (unpaired) electrons. The number of carbonyl (C=O) groups excluding carboxylic acids is 1. The van der Waals surface area contributed by atoms with Crippen LogP contribution >= 0.6 is 23.4 Å². The average molecular weight is 383 g/mol. The maximum atomic E-state index is 13.3. The summed E-state index contributed by atoms with van der Waals surface area (Å²) in [4.78, 5) is 27.2. The Hall–Kier alpha value is -2.83. The summed E-state index contributed by atoms with van der Waals surface area (Å²) in [6, 6.07) is 19.1. The van der Waals surface area contributed by atoms with E-state index in [0.29, 0.717) is 0 Å². The van der Waals surface area contributed by atoms with Crippen LogP contribution in [0.25, 0.3) is 0 Å². The van der Waals surface area contributed by atoms with E-state index in [1.807, 2.05) is 48.5 Å². The Bertz CT molecular complexity index is 1010. The Morgan fingerprint density at radius 3 is 2.08 bits per heavy atom. The van der Waals surface area contributed by atoms with E-state index in [9.17, 15) is 14.9 Å². The SMILES string of the molecule is O=C(c1ccc([N+](=O)[O-])cc1Cl)N1c2ccccc2Sc2ccccc21. The molecule has 0 unspecified atom stereocenters. The number of nitrogens with zero attached hydrogens (tertiary/aromatic N) is 2. The quantitative estimate of drug-likeness (QED) is 0.421. The fourth-order valence-electron chi connectivity index (χ4n) is 2.83. The first-order chi connectivity index (χ1) is 12.6. The first kappa shape index (κ1) is 16.6. The third kappa shape index (κ3) is 2.73. The zero-order valence-electron chi connectivity index (χ0n) is 13.3. The Morgan fingerprint density at radius 2 is 1.54 bits per heavy atom. The predicted molar refractivity (Wildman–Crippen MR) is 102 cm³/mol. The molecule has 4 rings (SSSR count). The molecule has 3 aromatic carbocycles. The molecule has 1 aliphatic heterocycles. The number of amides is 1. The minimum atomic E-state index is -0.539. The second-order valence-corrected chi connectivity index (χ2v) is 7.09. The highest BCUT2D eigenvalue weighted by atomic mass is 35.5. The van der Waals surface area contributed by atoms with Crippen LogP contribution in [-0.2, 0) is 0 Å². The van der Waals surface area contributed by atoms with Crippen molar-refractivity contribution in [1.82, 2.24) is 0 Å². The minimum Gasteiger partial charge on any atom is -0.275 e. The lowest BCUT2D eigenvalue weighted by Gasteiger charge is -2.31. The smallest absolute Gasteiger partial charge is 0.270 e. The van der Waals surface area contributed by atoms with Crippen LogP contribution in [0.5, 0.6) is 0 Å². The predicted octanol–water partition coefficient (Wildman–Crippen LogP) is 5.69. The topological polar surface area (TPSA) is 63.4 Å². The number of hydrogen-bond acceptors (Lipinski definition) is 4. The Morgan fingerprint density at radius 1 is 0.962 bits per heavy atom. The van der Waals surface area contributed by atoms with Crippen LogP contribution in [-0.4, -0.2) is 10.8 Å². The van der Waals surface area contributed by atoms with Crippen molar-refractivity contribution in [2.75, 3.05) is 4.90 Å². The minimum absolute atomic E-state index is 0.0531. The van der Waals surface area contributed by atoms with Crippen LogP contribution in [0.15, 0.2) is 76.5 Å². The maximum absolute atomic E-state index is 13.3. The maximum Gasteiger partial charge on any atom is 0.270 e. The summed E-state index contributed by atoms with van der Waals surface area (Å²) in [6.07, 6.45) is 0. The number of nitro groups is 1. The van der Waals surface area contributed by atoms with Crippen LogP contribution in [0, 0.1) is 10.1 Å². The summed E-state index contributed by atoms with van der Waals surface area (Å²) in [5.41, 5.74) is 1.58. The number of anilines is 2. The summed E-state index contributed by atoms with van der Waals surface area (Å²) >= 11 is 7.78. The summed E-state index contributed by atoms with van der Waals surface area (Å²) in [6.45, 7) is 0. The van der Waals surface area contributed by atoms with Crippen LogP contribution < -0.4 is 4.90 Å². The molecule has 7 heteroatoms. The molecular weight excluding hydrogens is 372 g/mol. The van der Waals surface area contributed by atoms with Gasteiger partial charge in [-0.05, 0) is 30.3 Å². The molecule has 0 aromatic heterocycles. The molecule has 128 valence electrons. The van der Waals surface area contributed by atoms with E-state index in [2.05, 4.69) is 0 Å². The van der Waals surface area contributed by atoms with Gasteiger partial charge in [-0.25, -0.2) is 0 Å². The normalized spacial score (nSPS) is 12.3. The summed E-state index contributed by atoms with van der Waals surface area (Å²) < 4.78 is 0. The highest BCUT2D eigenvalue weighted by Gasteiger charge is 2.30. The molecule has 0 bridgehead atoms. The van der Waals surface area contributed by atoms with Crippen LogP contribution in [0.1, 0.15) is 10.4 Å². The molecule has 0 spiro atoms. The van der Waals surface area contributed by atoms with E-state index < -0.39 is 4.92 Å². The van der Waals surface area contributed by atoms with Crippen LogP contribution in [0.2, 0.25) is 5.02 Å². The van der Waals surface area contributed by atoms with E-state index in [-0.39, 0.29) is 22.2 Å². The molecule has 0 saturated carbocycles. The highest BCUT2D eigenvalue weighted by Crippen LogP contribution is 2.48. The molecule has 1 amide bonds. The fourth-order valence-corrected chi connectivity index (χ4v) is 4.15. The van der Waals surface area contributed by atoms with Gasteiger partial charge in [0.1, 0.15) is 0 Å². The summed E-state index contributed by atoms with van der Waals surface area (Å²) in [5, 5.41) is 11.0. The standard InChI is InChI=1S/C19H11ClN2O3S/c20-14-11-12(22(24)25)9-10-13(14)19(23)21-15-5-1-3-7-17(15)26-18-8-4-2-6-16(18)21/h1-11H. The lowest BCUT2D eigenvalue weighted by molar-refractivity contribution is -0.384. The van der Waals surface area contributed by atoms with Gasteiger partial charge in [0.15, 0.2) is 0 Å². The summed E-state index contributed by atoms with van der Waals surface area (Å²) in [5.74, 6) is -0.329. The van der Waals surface area contributed by atoms with Crippen molar-refractivity contribution in [2.45, 2.75) is 9.79 Å². The molecule has 3 aromatic rings. The number of benzene rings is 3. The van der Waals surface area contributed by atoms with Crippen LogP contribution in [0.3, 0.4) is 0 Å². The molecule has 0 saturated heterocycles. The number of fused-ring (bicyclic) bond motifs is 2. The van der Waals surface area contributed by atoms with Crippen molar-refractivity contribution in [3.63, 3.8) is 0 Å². The second kappa shape index (κ2) is 6.48. The molecular formula is C19H11ClN2O3S. The number of non-ortho nitro benzene ring substituents is 1. The van der Waals surface area contributed by atoms with Crippen molar-refractivity contribution in [3.8, 4) is 0 Å².